The van der Waals surface area contributed by atoms with Crippen LogP contribution in [0, 0.1) is 0 Å². The number of aromatic nitrogens is 1. The third kappa shape index (κ3) is 3.81. The fraction of sp³-hybridized carbons (Fsp3) is 0.235. The molecule has 2 aromatic rings. The largest absolute Gasteiger partial charge is 0.465 e. The van der Waals surface area contributed by atoms with Gasteiger partial charge in [-0.2, -0.15) is 0 Å². The molecule has 0 spiro atoms. The van der Waals surface area contributed by atoms with Crippen LogP contribution in [0.5, 0.6) is 0 Å². The van der Waals surface area contributed by atoms with Crippen molar-refractivity contribution in [1.82, 2.24) is 4.73 Å². The molecule has 1 heterocycles. The molecule has 24 heavy (non-hydrogen) atoms. The molecule has 0 N–H and O–H groups in total. The van der Waals surface area contributed by atoms with E-state index in [0.717, 1.165) is 17.4 Å². The lowest BCUT2D eigenvalue weighted by Crippen LogP contribution is -2.35. The molecule has 0 bridgehead atoms. The number of methoxy groups -OCH3 is 1. The first-order valence-electron chi connectivity index (χ1n) is 7.27. The molecule has 126 valence electrons. The Balaban J connectivity index is 2.41. The maximum atomic E-state index is 12.4. The van der Waals surface area contributed by atoms with Gasteiger partial charge in [0.05, 0.1) is 13.7 Å². The first-order valence-corrected chi connectivity index (χ1v) is 7.27. The van der Waals surface area contributed by atoms with Gasteiger partial charge >= 0.3 is 11.9 Å². The summed E-state index contributed by atoms with van der Waals surface area (Å²) >= 11 is 0. The van der Waals surface area contributed by atoms with E-state index in [1.54, 1.807) is 19.1 Å². The highest BCUT2D eigenvalue weighted by Crippen LogP contribution is 2.05. The van der Waals surface area contributed by atoms with E-state index >= 15 is 0 Å². The summed E-state index contributed by atoms with van der Waals surface area (Å²) in [4.78, 5) is 41.6. The Morgan fingerprint density at radius 1 is 1.04 bits per heavy atom. The highest BCUT2D eigenvalue weighted by molar-refractivity contribution is 5.91. The predicted molar refractivity (Wildman–Crippen MR) is 84.7 cm³/mol. The van der Waals surface area contributed by atoms with Gasteiger partial charge in [-0.15, -0.1) is 4.73 Å². The van der Waals surface area contributed by atoms with E-state index in [1.165, 1.54) is 12.1 Å². The topological polar surface area (TPSA) is 83.8 Å². The quantitative estimate of drug-likeness (QED) is 0.745. The van der Waals surface area contributed by atoms with E-state index in [1.807, 2.05) is 18.2 Å². The smallest absolute Gasteiger partial charge is 0.358 e. The van der Waals surface area contributed by atoms with Gasteiger partial charge in [0, 0.05) is 0 Å². The van der Waals surface area contributed by atoms with Gasteiger partial charge in [-0.3, -0.25) is 4.79 Å². The molecule has 0 aliphatic heterocycles. The van der Waals surface area contributed by atoms with Crippen molar-refractivity contribution in [3.63, 3.8) is 0 Å². The van der Waals surface area contributed by atoms with Gasteiger partial charge in [0.25, 0.3) is 5.56 Å². The average molecular weight is 331 g/mol. The molecular weight excluding hydrogens is 314 g/mol. The van der Waals surface area contributed by atoms with E-state index in [9.17, 15) is 14.4 Å². The van der Waals surface area contributed by atoms with Crippen molar-refractivity contribution < 1.29 is 23.9 Å². The zero-order valence-electron chi connectivity index (χ0n) is 13.4. The number of carbonyl (C=O) groups excluding carboxylic acids is 2. The van der Waals surface area contributed by atoms with E-state index in [2.05, 4.69) is 4.74 Å². The monoisotopic (exact) mass is 331 g/mol. The van der Waals surface area contributed by atoms with Gasteiger partial charge in [0.2, 0.25) is 0 Å². The fourth-order valence-electron chi connectivity index (χ4n) is 1.98. The van der Waals surface area contributed by atoms with Crippen LogP contribution in [0.25, 0.3) is 0 Å². The van der Waals surface area contributed by atoms with Crippen molar-refractivity contribution >= 4 is 11.9 Å². The Morgan fingerprint density at radius 3 is 2.38 bits per heavy atom. The minimum absolute atomic E-state index is 0.0395. The number of carbonyl (C=O) groups is 2. The van der Waals surface area contributed by atoms with Crippen molar-refractivity contribution in [3.8, 4) is 0 Å². The molecule has 0 aliphatic rings. The van der Waals surface area contributed by atoms with Crippen LogP contribution in [-0.2, 0) is 16.1 Å². The number of pyridine rings is 1. The van der Waals surface area contributed by atoms with Crippen LogP contribution in [0.1, 0.15) is 33.3 Å². The van der Waals surface area contributed by atoms with Crippen LogP contribution in [0.4, 0.5) is 0 Å². The molecule has 0 unspecified atom stereocenters. The van der Waals surface area contributed by atoms with Crippen molar-refractivity contribution in [2.45, 2.75) is 13.5 Å². The normalized spacial score (nSPS) is 10.1. The molecule has 0 saturated carbocycles. The Kier molecular flexibility index (Phi) is 5.73. The molecule has 1 aromatic heterocycles. The SMILES string of the molecule is CCOC(=O)c1ccc(C(=O)OC)c(=O)n1OCc1ccccc1. The molecule has 0 aliphatic carbocycles. The number of hydrogen-bond acceptors (Lipinski definition) is 6. The Labute approximate surface area is 138 Å². The van der Waals surface area contributed by atoms with Gasteiger partial charge in [-0.1, -0.05) is 30.3 Å². The van der Waals surface area contributed by atoms with Crippen molar-refractivity contribution in [2.75, 3.05) is 13.7 Å². The van der Waals surface area contributed by atoms with Gasteiger partial charge in [0.15, 0.2) is 5.69 Å². The summed E-state index contributed by atoms with van der Waals surface area (Å²) in [5.74, 6) is -1.54. The van der Waals surface area contributed by atoms with Crippen LogP contribution >= 0.6 is 0 Å². The lowest BCUT2D eigenvalue weighted by molar-refractivity contribution is 0.0387. The van der Waals surface area contributed by atoms with Crippen LogP contribution in [0.15, 0.2) is 47.3 Å². The number of hydrogen-bond donors (Lipinski definition) is 0. The first kappa shape index (κ1) is 17.3. The van der Waals surface area contributed by atoms with E-state index in [-0.39, 0.29) is 24.5 Å². The van der Waals surface area contributed by atoms with Crippen molar-refractivity contribution in [1.29, 1.82) is 0 Å². The standard InChI is InChI=1S/C17H17NO6/c1-3-23-17(21)14-10-9-13(16(20)22-2)15(19)18(14)24-11-12-7-5-4-6-8-12/h4-10H,3,11H2,1-2H3. The highest BCUT2D eigenvalue weighted by atomic mass is 16.7. The second-order valence-electron chi connectivity index (χ2n) is 4.70. The highest BCUT2D eigenvalue weighted by Gasteiger charge is 2.21. The Bertz CT molecular complexity index is 781. The third-order valence-corrected chi connectivity index (χ3v) is 3.13. The summed E-state index contributed by atoms with van der Waals surface area (Å²) in [6, 6.07) is 11.6. The summed E-state index contributed by atoms with van der Waals surface area (Å²) in [6.07, 6.45) is 0. The van der Waals surface area contributed by atoms with Gasteiger partial charge in [-0.05, 0) is 24.6 Å². The van der Waals surface area contributed by atoms with E-state index in [0.29, 0.717) is 0 Å². The summed E-state index contributed by atoms with van der Waals surface area (Å²) in [5, 5.41) is 0. The Morgan fingerprint density at radius 2 is 1.75 bits per heavy atom. The van der Waals surface area contributed by atoms with Gasteiger partial charge in [-0.25, -0.2) is 9.59 Å². The zero-order valence-corrected chi connectivity index (χ0v) is 13.4. The molecule has 2 rings (SSSR count). The summed E-state index contributed by atoms with van der Waals surface area (Å²) in [5.41, 5.74) is -0.338. The number of benzene rings is 1. The molecule has 7 heteroatoms. The summed E-state index contributed by atoms with van der Waals surface area (Å²) < 4.78 is 10.2. The number of nitrogens with zero attached hydrogens (tertiary/aromatic N) is 1. The lowest BCUT2D eigenvalue weighted by atomic mass is 10.2. The lowest BCUT2D eigenvalue weighted by Gasteiger charge is -2.14. The minimum atomic E-state index is -0.813. The molecule has 7 nitrogen and oxygen atoms in total. The van der Waals surface area contributed by atoms with Gasteiger partial charge < -0.3 is 14.3 Å². The molecule has 0 amide bonds. The molecule has 0 atom stereocenters. The molecule has 0 fully saturated rings. The number of rotatable bonds is 6. The minimum Gasteiger partial charge on any atom is -0.465 e. The van der Waals surface area contributed by atoms with Crippen molar-refractivity contribution in [2.24, 2.45) is 0 Å². The molecule has 0 saturated heterocycles. The summed E-state index contributed by atoms with van der Waals surface area (Å²) in [6.45, 7) is 1.83. The second-order valence-corrected chi connectivity index (χ2v) is 4.70. The van der Waals surface area contributed by atoms with Crippen molar-refractivity contribution in [3.05, 3.63) is 69.6 Å². The zero-order chi connectivity index (χ0) is 17.5. The number of ether oxygens (including phenoxy) is 2. The second kappa shape index (κ2) is 7.96. The molecule has 1 aromatic carbocycles. The first-order chi connectivity index (χ1) is 11.6. The van der Waals surface area contributed by atoms with Crippen LogP contribution in [0.3, 0.4) is 0 Å². The maximum absolute atomic E-state index is 12.4. The Hall–Kier alpha value is -3.09. The molecular formula is C17H17NO6. The summed E-state index contributed by atoms with van der Waals surface area (Å²) in [7, 11) is 1.16. The van der Waals surface area contributed by atoms with Crippen LogP contribution < -0.4 is 10.4 Å². The maximum Gasteiger partial charge on any atom is 0.358 e. The van der Waals surface area contributed by atoms with Gasteiger partial charge in [0.1, 0.15) is 12.2 Å². The third-order valence-electron chi connectivity index (χ3n) is 3.13. The van der Waals surface area contributed by atoms with E-state index < -0.39 is 17.5 Å². The molecule has 0 radical (unpaired) electrons. The van der Waals surface area contributed by atoms with E-state index in [4.69, 9.17) is 9.57 Å². The van der Waals surface area contributed by atoms with Crippen LogP contribution in [0.2, 0.25) is 0 Å². The predicted octanol–water partition coefficient (Wildman–Crippen LogP) is 1.44. The number of esters is 2. The average Bonchev–Trinajstić information content (AvgIpc) is 2.60. The van der Waals surface area contributed by atoms with Crippen LogP contribution in [-0.4, -0.2) is 30.4 Å². The fourth-order valence-corrected chi connectivity index (χ4v) is 1.98.